The average molecular weight is 376 g/mol. The second kappa shape index (κ2) is 7.86. The van der Waals surface area contributed by atoms with E-state index in [0.29, 0.717) is 17.0 Å². The third-order valence-electron chi connectivity index (χ3n) is 5.23. The number of amides is 1. The predicted molar refractivity (Wildman–Crippen MR) is 109 cm³/mol. The molecule has 6 nitrogen and oxygen atoms in total. The van der Waals surface area contributed by atoms with Crippen molar-refractivity contribution >= 4 is 5.91 Å². The molecule has 0 aliphatic carbocycles. The van der Waals surface area contributed by atoms with Crippen LogP contribution < -0.4 is 10.1 Å². The summed E-state index contributed by atoms with van der Waals surface area (Å²) in [5.74, 6) is 0.664. The molecule has 1 aromatic heterocycles. The van der Waals surface area contributed by atoms with Crippen LogP contribution >= 0.6 is 0 Å². The summed E-state index contributed by atoms with van der Waals surface area (Å²) in [5, 5.41) is 8.08. The first kappa shape index (κ1) is 18.3. The summed E-state index contributed by atoms with van der Waals surface area (Å²) in [6.45, 7) is 1.75. The quantitative estimate of drug-likeness (QED) is 0.744. The number of methoxy groups -OCH3 is 1. The number of carbonyl (C=O) groups excluding carboxylic acids is 1. The number of rotatable bonds is 5. The number of hydrogen-bond donors (Lipinski definition) is 1. The molecule has 6 heteroatoms. The van der Waals surface area contributed by atoms with E-state index >= 15 is 0 Å². The summed E-state index contributed by atoms with van der Waals surface area (Å²) in [5.41, 5.74) is 2.91. The average Bonchev–Trinajstić information content (AvgIpc) is 3.43. The molecule has 3 aromatic rings. The Morgan fingerprint density at radius 3 is 2.64 bits per heavy atom. The van der Waals surface area contributed by atoms with Gasteiger partial charge in [0, 0.05) is 31.4 Å². The Balaban J connectivity index is 1.81. The molecule has 0 radical (unpaired) electrons. The van der Waals surface area contributed by atoms with Gasteiger partial charge in [-0.15, -0.1) is 0 Å². The highest BCUT2D eigenvalue weighted by atomic mass is 16.5. The fraction of sp³-hybridized carbons (Fsp3) is 0.273. The minimum absolute atomic E-state index is 0.0308. The number of ether oxygens (including phenoxy) is 1. The van der Waals surface area contributed by atoms with Gasteiger partial charge in [-0.25, -0.2) is 4.68 Å². The molecule has 0 bridgehead atoms. The number of hydrogen-bond acceptors (Lipinski definition) is 4. The SMILES string of the molecule is COc1ccccc1-c1nn(-c2ccccc2)cc1C(=O)N(C)C1CCNC1. The predicted octanol–water partition coefficient (Wildman–Crippen LogP) is 2.98. The number of nitrogens with one attached hydrogen (secondary N) is 1. The van der Waals surface area contributed by atoms with E-state index in [2.05, 4.69) is 5.32 Å². The molecule has 4 rings (SSSR count). The first-order chi connectivity index (χ1) is 13.7. The summed E-state index contributed by atoms with van der Waals surface area (Å²) in [7, 11) is 3.50. The van der Waals surface area contributed by atoms with Crippen LogP contribution in [0.2, 0.25) is 0 Å². The topological polar surface area (TPSA) is 59.4 Å². The van der Waals surface area contributed by atoms with Crippen molar-refractivity contribution in [3.63, 3.8) is 0 Å². The van der Waals surface area contributed by atoms with Crippen LogP contribution in [-0.4, -0.2) is 53.9 Å². The van der Waals surface area contributed by atoms with Gasteiger partial charge in [-0.2, -0.15) is 5.10 Å². The Hall–Kier alpha value is -3.12. The molecule has 144 valence electrons. The Labute approximate surface area is 164 Å². The summed E-state index contributed by atoms with van der Waals surface area (Å²) >= 11 is 0. The lowest BCUT2D eigenvalue weighted by Crippen LogP contribution is -2.38. The van der Waals surface area contributed by atoms with E-state index in [1.807, 2.05) is 72.7 Å². The van der Waals surface area contributed by atoms with Crippen LogP contribution in [0.15, 0.2) is 60.8 Å². The molecular weight excluding hydrogens is 352 g/mol. The van der Waals surface area contributed by atoms with Crippen LogP contribution in [0.5, 0.6) is 5.75 Å². The van der Waals surface area contributed by atoms with Crippen LogP contribution in [0.1, 0.15) is 16.8 Å². The van der Waals surface area contributed by atoms with Crippen LogP contribution in [-0.2, 0) is 0 Å². The number of benzene rings is 2. The van der Waals surface area contributed by atoms with Gasteiger partial charge in [0.25, 0.3) is 5.91 Å². The zero-order chi connectivity index (χ0) is 19.5. The van der Waals surface area contributed by atoms with E-state index in [1.54, 1.807) is 11.8 Å². The van der Waals surface area contributed by atoms with Crippen molar-refractivity contribution in [3.8, 4) is 22.7 Å². The molecule has 1 aliphatic rings. The highest BCUT2D eigenvalue weighted by molar-refractivity contribution is 6.00. The van der Waals surface area contributed by atoms with Gasteiger partial charge in [0.2, 0.25) is 0 Å². The Morgan fingerprint density at radius 2 is 1.93 bits per heavy atom. The maximum Gasteiger partial charge on any atom is 0.257 e. The van der Waals surface area contributed by atoms with E-state index in [-0.39, 0.29) is 11.9 Å². The molecule has 1 saturated heterocycles. The van der Waals surface area contributed by atoms with Gasteiger partial charge in [0.1, 0.15) is 11.4 Å². The second-order valence-corrected chi connectivity index (χ2v) is 6.93. The summed E-state index contributed by atoms with van der Waals surface area (Å²) < 4.78 is 7.29. The lowest BCUT2D eigenvalue weighted by molar-refractivity contribution is 0.0744. The van der Waals surface area contributed by atoms with Crippen LogP contribution in [0.4, 0.5) is 0 Å². The highest BCUT2D eigenvalue weighted by Crippen LogP contribution is 2.32. The molecule has 1 N–H and O–H groups in total. The van der Waals surface area contributed by atoms with Gasteiger partial charge in [0.05, 0.1) is 18.4 Å². The van der Waals surface area contributed by atoms with Crippen molar-refractivity contribution in [1.82, 2.24) is 20.0 Å². The van der Waals surface area contributed by atoms with Gasteiger partial charge in [-0.05, 0) is 37.2 Å². The Morgan fingerprint density at radius 1 is 1.18 bits per heavy atom. The number of para-hydroxylation sites is 2. The van der Waals surface area contributed by atoms with Crippen molar-refractivity contribution in [2.24, 2.45) is 0 Å². The zero-order valence-corrected chi connectivity index (χ0v) is 16.1. The molecule has 0 spiro atoms. The zero-order valence-electron chi connectivity index (χ0n) is 16.1. The second-order valence-electron chi connectivity index (χ2n) is 6.93. The molecule has 1 atom stereocenters. The summed E-state index contributed by atoms with van der Waals surface area (Å²) in [6.07, 6.45) is 2.78. The minimum Gasteiger partial charge on any atom is -0.496 e. The fourth-order valence-corrected chi connectivity index (χ4v) is 3.61. The van der Waals surface area contributed by atoms with E-state index < -0.39 is 0 Å². The smallest absolute Gasteiger partial charge is 0.257 e. The molecule has 1 amide bonds. The van der Waals surface area contributed by atoms with Crippen molar-refractivity contribution in [1.29, 1.82) is 0 Å². The lowest BCUT2D eigenvalue weighted by Gasteiger charge is -2.23. The molecule has 0 saturated carbocycles. The maximum absolute atomic E-state index is 13.4. The van der Waals surface area contributed by atoms with Crippen molar-refractivity contribution in [3.05, 3.63) is 66.4 Å². The largest absolute Gasteiger partial charge is 0.496 e. The third-order valence-corrected chi connectivity index (χ3v) is 5.23. The van der Waals surface area contributed by atoms with Crippen molar-refractivity contribution < 1.29 is 9.53 Å². The lowest BCUT2D eigenvalue weighted by atomic mass is 10.1. The number of likely N-dealkylation sites (N-methyl/N-ethyl adjacent to an activating group) is 1. The molecule has 1 unspecified atom stereocenters. The van der Waals surface area contributed by atoms with E-state index in [9.17, 15) is 4.79 Å². The van der Waals surface area contributed by atoms with Crippen LogP contribution in [0.3, 0.4) is 0 Å². The first-order valence-electron chi connectivity index (χ1n) is 9.45. The third kappa shape index (κ3) is 3.39. The number of carbonyl (C=O) groups is 1. The monoisotopic (exact) mass is 376 g/mol. The van der Waals surface area contributed by atoms with E-state index in [4.69, 9.17) is 9.84 Å². The standard InChI is InChI=1S/C22H24N4O2/c1-25(17-12-13-23-14-17)22(27)19-15-26(16-8-4-3-5-9-16)24-21(19)18-10-6-7-11-20(18)28-2/h3-11,15,17,23H,12-14H2,1-2H3. The maximum atomic E-state index is 13.4. The fourth-order valence-electron chi connectivity index (χ4n) is 3.61. The molecular formula is C22H24N4O2. The van der Waals surface area contributed by atoms with E-state index in [0.717, 1.165) is 30.8 Å². The number of aromatic nitrogens is 2. The molecule has 2 heterocycles. The van der Waals surface area contributed by atoms with Crippen LogP contribution in [0, 0.1) is 0 Å². The van der Waals surface area contributed by atoms with Gasteiger partial charge in [-0.3, -0.25) is 4.79 Å². The Bertz CT molecular complexity index is 962. The normalized spacial score (nSPS) is 16.1. The van der Waals surface area contributed by atoms with Gasteiger partial charge in [-0.1, -0.05) is 30.3 Å². The summed E-state index contributed by atoms with van der Waals surface area (Å²) in [4.78, 5) is 15.2. The molecule has 1 aliphatic heterocycles. The molecule has 2 aromatic carbocycles. The number of nitrogens with zero attached hydrogens (tertiary/aromatic N) is 3. The highest BCUT2D eigenvalue weighted by Gasteiger charge is 2.28. The molecule has 1 fully saturated rings. The van der Waals surface area contributed by atoms with E-state index in [1.165, 1.54) is 0 Å². The first-order valence-corrected chi connectivity index (χ1v) is 9.45. The molecule has 28 heavy (non-hydrogen) atoms. The van der Waals surface area contributed by atoms with Gasteiger partial charge in [0.15, 0.2) is 0 Å². The van der Waals surface area contributed by atoms with Crippen molar-refractivity contribution in [2.75, 3.05) is 27.2 Å². The minimum atomic E-state index is -0.0308. The Kier molecular flexibility index (Phi) is 5.12. The van der Waals surface area contributed by atoms with Gasteiger partial charge < -0.3 is 15.0 Å². The summed E-state index contributed by atoms with van der Waals surface area (Å²) in [6, 6.07) is 17.7. The van der Waals surface area contributed by atoms with Crippen LogP contribution in [0.25, 0.3) is 16.9 Å². The van der Waals surface area contributed by atoms with Crippen molar-refractivity contribution in [2.45, 2.75) is 12.5 Å². The van der Waals surface area contributed by atoms with Gasteiger partial charge >= 0.3 is 0 Å².